The number of nitrogens with zero attached hydrogens (tertiary/aromatic N) is 1. The Hall–Kier alpha value is -0.800. The van der Waals surface area contributed by atoms with Crippen molar-refractivity contribution in [2.75, 3.05) is 6.61 Å². The van der Waals surface area contributed by atoms with E-state index in [1.54, 1.807) is 0 Å². The van der Waals surface area contributed by atoms with Crippen LogP contribution in [0.5, 0.6) is 0 Å². The van der Waals surface area contributed by atoms with Gasteiger partial charge >= 0.3 is 0 Å². The standard InChI is InChI=1S/C16H28N2O/c1-16(2,3)17-13-14-7-4-10-18(14)11-5-8-15-9-6-12-19-15/h4,7,10,15,17H,5-6,8-9,11-13H2,1-3H3. The summed E-state index contributed by atoms with van der Waals surface area (Å²) in [5.74, 6) is 0. The van der Waals surface area contributed by atoms with Gasteiger partial charge in [-0.05, 0) is 58.6 Å². The lowest BCUT2D eigenvalue weighted by Crippen LogP contribution is -2.35. The monoisotopic (exact) mass is 264 g/mol. The smallest absolute Gasteiger partial charge is 0.0576 e. The van der Waals surface area contributed by atoms with Crippen LogP contribution in [0.2, 0.25) is 0 Å². The summed E-state index contributed by atoms with van der Waals surface area (Å²) in [6, 6.07) is 4.36. The second kappa shape index (κ2) is 6.58. The summed E-state index contributed by atoms with van der Waals surface area (Å²) in [6.07, 6.45) is 7.62. The summed E-state index contributed by atoms with van der Waals surface area (Å²) in [5, 5.41) is 3.55. The van der Waals surface area contributed by atoms with E-state index >= 15 is 0 Å². The van der Waals surface area contributed by atoms with Crippen molar-refractivity contribution in [3.05, 3.63) is 24.0 Å². The molecule has 0 radical (unpaired) electrons. The van der Waals surface area contributed by atoms with Crippen molar-refractivity contribution in [2.24, 2.45) is 0 Å². The Balaban J connectivity index is 1.75. The number of rotatable bonds is 6. The van der Waals surface area contributed by atoms with Gasteiger partial charge in [-0.15, -0.1) is 0 Å². The van der Waals surface area contributed by atoms with Crippen LogP contribution in [0.1, 0.15) is 52.1 Å². The van der Waals surface area contributed by atoms with Crippen molar-refractivity contribution in [3.8, 4) is 0 Å². The van der Waals surface area contributed by atoms with Crippen molar-refractivity contribution >= 4 is 0 Å². The lowest BCUT2D eigenvalue weighted by atomic mass is 10.1. The zero-order chi connectivity index (χ0) is 13.7. The average Bonchev–Trinajstić information content (AvgIpc) is 2.96. The van der Waals surface area contributed by atoms with E-state index in [1.165, 1.54) is 31.4 Å². The first kappa shape index (κ1) is 14.6. The fourth-order valence-corrected chi connectivity index (χ4v) is 2.55. The molecular weight excluding hydrogens is 236 g/mol. The van der Waals surface area contributed by atoms with Gasteiger partial charge in [0.05, 0.1) is 6.10 Å². The van der Waals surface area contributed by atoms with Crippen LogP contribution < -0.4 is 5.32 Å². The summed E-state index contributed by atoms with van der Waals surface area (Å²) >= 11 is 0. The first-order valence-electron chi connectivity index (χ1n) is 7.55. The molecule has 1 aromatic rings. The van der Waals surface area contributed by atoms with Gasteiger partial charge in [0.1, 0.15) is 0 Å². The van der Waals surface area contributed by atoms with E-state index in [0.29, 0.717) is 6.10 Å². The third-order valence-corrected chi connectivity index (χ3v) is 3.67. The lowest BCUT2D eigenvalue weighted by molar-refractivity contribution is 0.101. The Morgan fingerprint density at radius 3 is 2.95 bits per heavy atom. The second-order valence-electron chi connectivity index (χ2n) is 6.57. The third-order valence-electron chi connectivity index (χ3n) is 3.67. The molecule has 19 heavy (non-hydrogen) atoms. The lowest BCUT2D eigenvalue weighted by Gasteiger charge is -2.21. The van der Waals surface area contributed by atoms with Gasteiger partial charge in [-0.25, -0.2) is 0 Å². The first-order chi connectivity index (χ1) is 9.04. The zero-order valence-electron chi connectivity index (χ0n) is 12.6. The van der Waals surface area contributed by atoms with Crippen LogP contribution in [0.4, 0.5) is 0 Å². The zero-order valence-corrected chi connectivity index (χ0v) is 12.6. The topological polar surface area (TPSA) is 26.2 Å². The van der Waals surface area contributed by atoms with Gasteiger partial charge in [0, 0.05) is 37.1 Å². The molecule has 3 heteroatoms. The Morgan fingerprint density at radius 1 is 1.42 bits per heavy atom. The summed E-state index contributed by atoms with van der Waals surface area (Å²) < 4.78 is 8.04. The van der Waals surface area contributed by atoms with Crippen LogP contribution in [0, 0.1) is 0 Å². The molecule has 1 unspecified atom stereocenters. The van der Waals surface area contributed by atoms with Crippen LogP contribution in [-0.2, 0) is 17.8 Å². The maximum Gasteiger partial charge on any atom is 0.0576 e. The molecular formula is C16H28N2O. The number of hydrogen-bond acceptors (Lipinski definition) is 2. The predicted octanol–water partition coefficient (Wildman–Crippen LogP) is 3.34. The molecule has 108 valence electrons. The molecule has 0 amide bonds. The Morgan fingerprint density at radius 2 is 2.26 bits per heavy atom. The van der Waals surface area contributed by atoms with E-state index in [0.717, 1.165) is 19.7 Å². The van der Waals surface area contributed by atoms with Crippen molar-refractivity contribution < 1.29 is 4.74 Å². The van der Waals surface area contributed by atoms with Crippen LogP contribution in [-0.4, -0.2) is 22.8 Å². The molecule has 3 nitrogen and oxygen atoms in total. The first-order valence-corrected chi connectivity index (χ1v) is 7.55. The summed E-state index contributed by atoms with van der Waals surface area (Å²) in [7, 11) is 0. The molecule has 1 saturated heterocycles. The van der Waals surface area contributed by atoms with E-state index in [4.69, 9.17) is 4.74 Å². The maximum absolute atomic E-state index is 5.67. The quantitative estimate of drug-likeness (QED) is 0.853. The summed E-state index contributed by atoms with van der Waals surface area (Å²) in [6.45, 7) is 9.63. The SMILES string of the molecule is CC(C)(C)NCc1cccn1CCCC1CCCO1. The molecule has 0 aromatic carbocycles. The molecule has 1 aromatic heterocycles. The molecule has 0 bridgehead atoms. The highest BCUT2D eigenvalue weighted by molar-refractivity contribution is 5.07. The summed E-state index contributed by atoms with van der Waals surface area (Å²) in [5.41, 5.74) is 1.55. The second-order valence-corrected chi connectivity index (χ2v) is 6.57. The molecule has 1 aliphatic heterocycles. The van der Waals surface area contributed by atoms with E-state index in [9.17, 15) is 0 Å². The highest BCUT2D eigenvalue weighted by Crippen LogP contribution is 2.17. The molecule has 2 rings (SSSR count). The van der Waals surface area contributed by atoms with Gasteiger partial charge in [0.15, 0.2) is 0 Å². The highest BCUT2D eigenvalue weighted by atomic mass is 16.5. The molecule has 0 spiro atoms. The van der Waals surface area contributed by atoms with Gasteiger partial charge in [0.25, 0.3) is 0 Å². The van der Waals surface area contributed by atoms with Crippen LogP contribution >= 0.6 is 0 Å². The van der Waals surface area contributed by atoms with E-state index in [1.807, 2.05) is 0 Å². The van der Waals surface area contributed by atoms with Crippen molar-refractivity contribution in [1.82, 2.24) is 9.88 Å². The molecule has 2 heterocycles. The van der Waals surface area contributed by atoms with E-state index in [2.05, 4.69) is 49.0 Å². The van der Waals surface area contributed by atoms with Crippen LogP contribution in [0.3, 0.4) is 0 Å². The number of hydrogen-bond donors (Lipinski definition) is 1. The van der Waals surface area contributed by atoms with Crippen molar-refractivity contribution in [1.29, 1.82) is 0 Å². The molecule has 0 saturated carbocycles. The van der Waals surface area contributed by atoms with Gasteiger partial charge in [-0.3, -0.25) is 0 Å². The van der Waals surface area contributed by atoms with Gasteiger partial charge in [-0.2, -0.15) is 0 Å². The van der Waals surface area contributed by atoms with Crippen molar-refractivity contribution in [3.63, 3.8) is 0 Å². The Kier molecular flexibility index (Phi) is 5.06. The van der Waals surface area contributed by atoms with E-state index < -0.39 is 0 Å². The molecule has 1 atom stereocenters. The number of aromatic nitrogens is 1. The van der Waals surface area contributed by atoms with Crippen LogP contribution in [0.25, 0.3) is 0 Å². The van der Waals surface area contributed by atoms with Gasteiger partial charge in [0.2, 0.25) is 0 Å². The van der Waals surface area contributed by atoms with E-state index in [-0.39, 0.29) is 5.54 Å². The number of aryl methyl sites for hydroxylation is 1. The fourth-order valence-electron chi connectivity index (χ4n) is 2.55. The minimum absolute atomic E-state index is 0.173. The van der Waals surface area contributed by atoms with Crippen molar-refractivity contribution in [2.45, 2.75) is 71.2 Å². The molecule has 1 fully saturated rings. The molecule has 1 aliphatic rings. The minimum atomic E-state index is 0.173. The van der Waals surface area contributed by atoms with Gasteiger partial charge in [-0.1, -0.05) is 0 Å². The fraction of sp³-hybridized carbons (Fsp3) is 0.750. The molecule has 0 aliphatic carbocycles. The molecule has 1 N–H and O–H groups in total. The Labute approximate surface area is 117 Å². The van der Waals surface area contributed by atoms with Gasteiger partial charge < -0.3 is 14.6 Å². The summed E-state index contributed by atoms with van der Waals surface area (Å²) in [4.78, 5) is 0. The average molecular weight is 264 g/mol. The number of ether oxygens (including phenoxy) is 1. The highest BCUT2D eigenvalue weighted by Gasteiger charge is 2.15. The Bertz CT molecular complexity index is 372. The number of nitrogens with one attached hydrogen (secondary N) is 1. The minimum Gasteiger partial charge on any atom is -0.378 e. The van der Waals surface area contributed by atoms with Crippen LogP contribution in [0.15, 0.2) is 18.3 Å². The third kappa shape index (κ3) is 5.00. The normalized spacial score (nSPS) is 20.1. The maximum atomic E-state index is 5.67. The predicted molar refractivity (Wildman–Crippen MR) is 79.2 cm³/mol. The largest absolute Gasteiger partial charge is 0.378 e.